The highest BCUT2D eigenvalue weighted by atomic mass is 19.1. The van der Waals surface area contributed by atoms with Crippen LogP contribution in [0, 0.1) is 0 Å². The minimum absolute atomic E-state index is 0.447. The predicted octanol–water partition coefficient (Wildman–Crippen LogP) is 2.78. The van der Waals surface area contributed by atoms with E-state index >= 15 is 0 Å². The van der Waals surface area contributed by atoms with Gasteiger partial charge in [-0.15, -0.1) is 0 Å². The lowest BCUT2D eigenvalue weighted by atomic mass is 9.95. The number of halogens is 1. The van der Waals surface area contributed by atoms with Crippen LogP contribution < -0.4 is 0 Å². The van der Waals surface area contributed by atoms with Crippen LogP contribution in [0.1, 0.15) is 5.56 Å². The summed E-state index contributed by atoms with van der Waals surface area (Å²) in [6.45, 7) is 2.53. The number of hydrogen-bond donors (Lipinski definition) is 1. The SMILES string of the molecule is C=CC(O)(CF)c1ccc2ccoc2c1. The third-order valence-electron chi connectivity index (χ3n) is 2.50. The summed E-state index contributed by atoms with van der Waals surface area (Å²) in [6.07, 6.45) is 2.74. The molecule has 1 heterocycles. The van der Waals surface area contributed by atoms with Crippen molar-refractivity contribution >= 4 is 11.0 Å². The molecule has 1 aromatic carbocycles. The first-order valence-electron chi connectivity index (χ1n) is 4.59. The van der Waals surface area contributed by atoms with Crippen LogP contribution in [-0.2, 0) is 5.60 Å². The van der Waals surface area contributed by atoms with Crippen LogP contribution in [0.3, 0.4) is 0 Å². The Balaban J connectivity index is 2.56. The van der Waals surface area contributed by atoms with Crippen molar-refractivity contribution in [2.24, 2.45) is 0 Å². The summed E-state index contributed by atoms with van der Waals surface area (Å²) in [6, 6.07) is 6.87. The summed E-state index contributed by atoms with van der Waals surface area (Å²) in [5, 5.41) is 10.8. The van der Waals surface area contributed by atoms with Gasteiger partial charge in [-0.3, -0.25) is 0 Å². The molecule has 3 heteroatoms. The zero-order valence-corrected chi connectivity index (χ0v) is 8.11. The maximum atomic E-state index is 12.7. The summed E-state index contributed by atoms with van der Waals surface area (Å²) in [7, 11) is 0. The van der Waals surface area contributed by atoms with Crippen LogP contribution in [0.4, 0.5) is 4.39 Å². The molecule has 0 aliphatic rings. The number of aliphatic hydroxyl groups is 1. The quantitative estimate of drug-likeness (QED) is 0.783. The third kappa shape index (κ3) is 1.55. The lowest BCUT2D eigenvalue weighted by molar-refractivity contribution is 0.0601. The number of fused-ring (bicyclic) bond motifs is 1. The second-order valence-electron chi connectivity index (χ2n) is 3.44. The number of benzene rings is 1. The third-order valence-corrected chi connectivity index (χ3v) is 2.50. The summed E-state index contributed by atoms with van der Waals surface area (Å²) in [5.74, 6) is 0. The first kappa shape index (κ1) is 9.93. The van der Waals surface area contributed by atoms with Gasteiger partial charge in [-0.2, -0.15) is 0 Å². The molecule has 1 N–H and O–H groups in total. The Labute approximate surface area is 86.6 Å². The minimum atomic E-state index is -1.62. The number of alkyl halides is 1. The Hall–Kier alpha value is -1.61. The first-order chi connectivity index (χ1) is 7.19. The molecule has 0 fully saturated rings. The summed E-state index contributed by atoms with van der Waals surface area (Å²) >= 11 is 0. The van der Waals surface area contributed by atoms with Crippen molar-refractivity contribution in [3.8, 4) is 0 Å². The Morgan fingerprint density at radius 3 is 2.93 bits per heavy atom. The summed E-state index contributed by atoms with van der Waals surface area (Å²) in [4.78, 5) is 0. The van der Waals surface area contributed by atoms with Gasteiger partial charge in [0.1, 0.15) is 17.9 Å². The predicted molar refractivity (Wildman–Crippen MR) is 56.3 cm³/mol. The molecule has 0 aliphatic heterocycles. The maximum absolute atomic E-state index is 12.7. The van der Waals surface area contributed by atoms with E-state index in [0.29, 0.717) is 11.1 Å². The highest BCUT2D eigenvalue weighted by Gasteiger charge is 2.25. The molecule has 0 saturated carbocycles. The molecule has 0 saturated heterocycles. The Morgan fingerprint density at radius 2 is 2.27 bits per heavy atom. The molecule has 1 aromatic heterocycles. The van der Waals surface area contributed by atoms with Crippen LogP contribution in [0.2, 0.25) is 0 Å². The zero-order valence-electron chi connectivity index (χ0n) is 8.11. The Bertz CT molecular complexity index is 489. The van der Waals surface area contributed by atoms with E-state index in [1.54, 1.807) is 24.5 Å². The van der Waals surface area contributed by atoms with Crippen molar-refractivity contribution < 1.29 is 13.9 Å². The van der Waals surface area contributed by atoms with Crippen molar-refractivity contribution in [1.82, 2.24) is 0 Å². The molecular formula is C12H11FO2. The topological polar surface area (TPSA) is 33.4 Å². The normalized spacial score (nSPS) is 15.1. The van der Waals surface area contributed by atoms with Crippen molar-refractivity contribution in [1.29, 1.82) is 0 Å². The van der Waals surface area contributed by atoms with Crippen molar-refractivity contribution in [2.75, 3.05) is 6.67 Å². The average molecular weight is 206 g/mol. The molecule has 2 rings (SSSR count). The highest BCUT2D eigenvalue weighted by Crippen LogP contribution is 2.27. The largest absolute Gasteiger partial charge is 0.464 e. The van der Waals surface area contributed by atoms with E-state index < -0.39 is 12.3 Å². The molecule has 1 unspecified atom stereocenters. The summed E-state index contributed by atoms with van der Waals surface area (Å²) in [5.41, 5.74) is -0.551. The molecule has 0 spiro atoms. The number of rotatable bonds is 3. The molecule has 0 amide bonds. The Kier molecular flexibility index (Phi) is 2.32. The van der Waals surface area contributed by atoms with E-state index in [1.807, 2.05) is 6.07 Å². The highest BCUT2D eigenvalue weighted by molar-refractivity contribution is 5.77. The van der Waals surface area contributed by atoms with Gasteiger partial charge in [0.15, 0.2) is 0 Å². The molecule has 0 radical (unpaired) electrons. The molecule has 1 atom stereocenters. The molecule has 2 aromatic rings. The summed E-state index contributed by atoms with van der Waals surface area (Å²) < 4.78 is 17.9. The molecule has 0 aliphatic carbocycles. The van der Waals surface area contributed by atoms with E-state index in [9.17, 15) is 9.50 Å². The second-order valence-corrected chi connectivity index (χ2v) is 3.44. The Morgan fingerprint density at radius 1 is 1.47 bits per heavy atom. The van der Waals surface area contributed by atoms with Crippen LogP contribution in [0.25, 0.3) is 11.0 Å². The first-order valence-corrected chi connectivity index (χ1v) is 4.59. The fourth-order valence-electron chi connectivity index (χ4n) is 1.47. The fourth-order valence-corrected chi connectivity index (χ4v) is 1.47. The van der Waals surface area contributed by atoms with Gasteiger partial charge in [-0.05, 0) is 17.7 Å². The van der Waals surface area contributed by atoms with Gasteiger partial charge in [-0.25, -0.2) is 4.39 Å². The van der Waals surface area contributed by atoms with Crippen LogP contribution in [-0.4, -0.2) is 11.8 Å². The second kappa shape index (κ2) is 3.51. The fraction of sp³-hybridized carbons (Fsp3) is 0.167. The monoisotopic (exact) mass is 206 g/mol. The van der Waals surface area contributed by atoms with E-state index in [-0.39, 0.29) is 0 Å². The average Bonchev–Trinajstić information content (AvgIpc) is 2.74. The van der Waals surface area contributed by atoms with Gasteiger partial charge in [0.2, 0.25) is 0 Å². The van der Waals surface area contributed by atoms with Crippen LogP contribution in [0.5, 0.6) is 0 Å². The molecule has 78 valence electrons. The van der Waals surface area contributed by atoms with Gasteiger partial charge in [-0.1, -0.05) is 24.8 Å². The van der Waals surface area contributed by atoms with Crippen molar-refractivity contribution in [2.45, 2.75) is 5.60 Å². The minimum Gasteiger partial charge on any atom is -0.464 e. The molecule has 15 heavy (non-hydrogen) atoms. The zero-order chi connectivity index (χ0) is 10.9. The lowest BCUT2D eigenvalue weighted by Crippen LogP contribution is -2.24. The van der Waals surface area contributed by atoms with Gasteiger partial charge in [0, 0.05) is 5.39 Å². The molecular weight excluding hydrogens is 195 g/mol. The van der Waals surface area contributed by atoms with E-state index in [2.05, 4.69) is 6.58 Å². The van der Waals surface area contributed by atoms with Crippen LogP contribution in [0.15, 0.2) is 47.6 Å². The number of furan rings is 1. The lowest BCUT2D eigenvalue weighted by Gasteiger charge is -2.20. The van der Waals surface area contributed by atoms with E-state index in [4.69, 9.17) is 4.42 Å². The van der Waals surface area contributed by atoms with Gasteiger partial charge < -0.3 is 9.52 Å². The smallest absolute Gasteiger partial charge is 0.136 e. The van der Waals surface area contributed by atoms with E-state index in [0.717, 1.165) is 5.39 Å². The van der Waals surface area contributed by atoms with Gasteiger partial charge in [0.25, 0.3) is 0 Å². The van der Waals surface area contributed by atoms with Gasteiger partial charge >= 0.3 is 0 Å². The molecule has 2 nitrogen and oxygen atoms in total. The molecule has 0 bridgehead atoms. The maximum Gasteiger partial charge on any atom is 0.136 e. The van der Waals surface area contributed by atoms with Crippen molar-refractivity contribution in [3.05, 3.63) is 48.7 Å². The van der Waals surface area contributed by atoms with Crippen molar-refractivity contribution in [3.63, 3.8) is 0 Å². The van der Waals surface area contributed by atoms with Gasteiger partial charge in [0.05, 0.1) is 6.26 Å². The number of hydrogen-bond acceptors (Lipinski definition) is 2. The van der Waals surface area contributed by atoms with E-state index in [1.165, 1.54) is 6.08 Å². The standard InChI is InChI=1S/C12H11FO2/c1-2-12(14,8-13)10-4-3-9-5-6-15-11(9)7-10/h2-7,14H,1,8H2. The van der Waals surface area contributed by atoms with Crippen LogP contribution >= 0.6 is 0 Å².